The molecule has 4 heteroatoms. The van der Waals surface area contributed by atoms with Crippen LogP contribution in [0, 0.1) is 0 Å². The summed E-state index contributed by atoms with van der Waals surface area (Å²) in [5.41, 5.74) is 0.384. The van der Waals surface area contributed by atoms with Gasteiger partial charge in [0.05, 0.1) is 16.7 Å². The van der Waals surface area contributed by atoms with Gasteiger partial charge in [-0.2, -0.15) is 0 Å². The van der Waals surface area contributed by atoms with E-state index in [4.69, 9.17) is 27.9 Å². The summed E-state index contributed by atoms with van der Waals surface area (Å²) in [7, 11) is 0. The topological polar surface area (TPSA) is 26.3 Å². The highest BCUT2D eigenvalue weighted by Crippen LogP contribution is 2.34. The molecule has 0 spiro atoms. The zero-order chi connectivity index (χ0) is 9.84. The van der Waals surface area contributed by atoms with Crippen LogP contribution in [0.5, 0.6) is 5.75 Å². The van der Waals surface area contributed by atoms with Crippen LogP contribution in [-0.4, -0.2) is 12.9 Å². The molecule has 0 unspecified atom stereocenters. The summed E-state index contributed by atoms with van der Waals surface area (Å²) in [5.74, 6) is 0.371. The predicted octanol–water partition coefficient (Wildman–Crippen LogP) is 3.20. The van der Waals surface area contributed by atoms with Crippen LogP contribution in [0.2, 0.25) is 10.0 Å². The Morgan fingerprint density at radius 2 is 2.15 bits per heavy atom. The number of aldehydes is 1. The molecule has 0 amide bonds. The fourth-order valence-electron chi connectivity index (χ4n) is 0.915. The van der Waals surface area contributed by atoms with E-state index in [0.29, 0.717) is 29.2 Å². The Kier molecular flexibility index (Phi) is 3.58. The molecule has 1 rings (SSSR count). The zero-order valence-corrected chi connectivity index (χ0v) is 8.52. The number of hydrogen-bond donors (Lipinski definition) is 0. The van der Waals surface area contributed by atoms with Gasteiger partial charge in [0.25, 0.3) is 0 Å². The van der Waals surface area contributed by atoms with Gasteiger partial charge in [-0.25, -0.2) is 0 Å². The second-order valence-electron chi connectivity index (χ2n) is 2.33. The van der Waals surface area contributed by atoms with Gasteiger partial charge >= 0.3 is 0 Å². The van der Waals surface area contributed by atoms with Crippen LogP contribution in [0.3, 0.4) is 0 Å². The summed E-state index contributed by atoms with van der Waals surface area (Å²) >= 11 is 11.7. The van der Waals surface area contributed by atoms with Gasteiger partial charge in [0, 0.05) is 5.56 Å². The van der Waals surface area contributed by atoms with Crippen molar-refractivity contribution >= 4 is 29.5 Å². The van der Waals surface area contributed by atoms with Crippen molar-refractivity contribution in [2.75, 3.05) is 6.61 Å². The number of carbonyl (C=O) groups is 1. The number of rotatable bonds is 3. The number of halogens is 2. The first-order valence-electron chi connectivity index (χ1n) is 3.76. The van der Waals surface area contributed by atoms with E-state index in [1.54, 1.807) is 12.1 Å². The van der Waals surface area contributed by atoms with E-state index >= 15 is 0 Å². The quantitative estimate of drug-likeness (QED) is 0.729. The van der Waals surface area contributed by atoms with Gasteiger partial charge in [-0.05, 0) is 19.1 Å². The molecule has 0 saturated carbocycles. The molecule has 1 aromatic carbocycles. The van der Waals surface area contributed by atoms with E-state index in [1.807, 2.05) is 6.92 Å². The molecule has 0 fully saturated rings. The predicted molar refractivity (Wildman–Crippen MR) is 53.0 cm³/mol. The maximum atomic E-state index is 10.5. The first-order valence-corrected chi connectivity index (χ1v) is 4.52. The van der Waals surface area contributed by atoms with Crippen molar-refractivity contribution < 1.29 is 9.53 Å². The molecule has 0 aliphatic heterocycles. The van der Waals surface area contributed by atoms with Crippen LogP contribution in [-0.2, 0) is 0 Å². The molecule has 0 aliphatic carbocycles. The highest BCUT2D eigenvalue weighted by molar-refractivity contribution is 6.38. The van der Waals surface area contributed by atoms with E-state index in [2.05, 4.69) is 0 Å². The smallest absolute Gasteiger partial charge is 0.157 e. The summed E-state index contributed by atoms with van der Waals surface area (Å²) in [5, 5.41) is 0.682. The lowest BCUT2D eigenvalue weighted by atomic mass is 10.2. The standard InChI is InChI=1S/C9H8Cl2O2/c1-2-13-9-7(10)4-3-6(5-12)8(9)11/h3-5H,2H2,1H3. The fraction of sp³-hybridized carbons (Fsp3) is 0.222. The van der Waals surface area contributed by atoms with Crippen molar-refractivity contribution in [2.24, 2.45) is 0 Å². The lowest BCUT2D eigenvalue weighted by Crippen LogP contribution is -1.95. The average Bonchev–Trinajstić information content (AvgIpc) is 2.12. The Morgan fingerprint density at radius 3 is 2.69 bits per heavy atom. The largest absolute Gasteiger partial charge is 0.491 e. The maximum Gasteiger partial charge on any atom is 0.157 e. The van der Waals surface area contributed by atoms with E-state index in [-0.39, 0.29) is 5.02 Å². The molecule has 13 heavy (non-hydrogen) atoms. The molecule has 0 N–H and O–H groups in total. The van der Waals surface area contributed by atoms with Crippen LogP contribution < -0.4 is 4.74 Å². The first kappa shape index (κ1) is 10.4. The van der Waals surface area contributed by atoms with Gasteiger partial charge in [0.1, 0.15) is 0 Å². The molecule has 0 atom stereocenters. The zero-order valence-electron chi connectivity index (χ0n) is 7.01. The number of carbonyl (C=O) groups excluding carboxylic acids is 1. The molecular formula is C9H8Cl2O2. The van der Waals surface area contributed by atoms with E-state index in [0.717, 1.165) is 0 Å². The van der Waals surface area contributed by atoms with Crippen LogP contribution in [0.4, 0.5) is 0 Å². The Bertz CT molecular complexity index is 324. The highest BCUT2D eigenvalue weighted by atomic mass is 35.5. The average molecular weight is 219 g/mol. The summed E-state index contributed by atoms with van der Waals surface area (Å²) in [6, 6.07) is 3.14. The van der Waals surface area contributed by atoms with Crippen molar-refractivity contribution in [3.8, 4) is 5.75 Å². The third kappa shape index (κ3) is 2.14. The summed E-state index contributed by atoms with van der Waals surface area (Å²) < 4.78 is 5.19. The van der Waals surface area contributed by atoms with Gasteiger partial charge < -0.3 is 4.74 Å². The third-order valence-corrected chi connectivity index (χ3v) is 2.18. The molecule has 2 nitrogen and oxygen atoms in total. The Balaban J connectivity index is 3.21. The van der Waals surface area contributed by atoms with Gasteiger partial charge in [-0.3, -0.25) is 4.79 Å². The van der Waals surface area contributed by atoms with Crippen molar-refractivity contribution in [2.45, 2.75) is 6.92 Å². The van der Waals surface area contributed by atoms with Gasteiger partial charge in [0.15, 0.2) is 12.0 Å². The van der Waals surface area contributed by atoms with Gasteiger partial charge in [0.2, 0.25) is 0 Å². The number of benzene rings is 1. The monoisotopic (exact) mass is 218 g/mol. The minimum atomic E-state index is 0.268. The van der Waals surface area contributed by atoms with Crippen LogP contribution in [0.25, 0.3) is 0 Å². The van der Waals surface area contributed by atoms with Gasteiger partial charge in [-0.1, -0.05) is 23.2 Å². The minimum absolute atomic E-state index is 0.268. The summed E-state index contributed by atoms with van der Waals surface area (Å²) in [4.78, 5) is 10.5. The molecule has 0 saturated heterocycles. The lowest BCUT2D eigenvalue weighted by molar-refractivity contribution is 0.112. The van der Waals surface area contributed by atoms with Crippen molar-refractivity contribution in [1.82, 2.24) is 0 Å². The molecule has 0 aromatic heterocycles. The van der Waals surface area contributed by atoms with E-state index in [1.165, 1.54) is 0 Å². The first-order chi connectivity index (χ1) is 6.20. The van der Waals surface area contributed by atoms with Gasteiger partial charge in [-0.15, -0.1) is 0 Å². The SMILES string of the molecule is CCOc1c(Cl)ccc(C=O)c1Cl. The molecule has 0 heterocycles. The third-order valence-electron chi connectivity index (χ3n) is 1.49. The van der Waals surface area contributed by atoms with Crippen molar-refractivity contribution in [1.29, 1.82) is 0 Å². The number of ether oxygens (including phenoxy) is 1. The highest BCUT2D eigenvalue weighted by Gasteiger charge is 2.10. The minimum Gasteiger partial charge on any atom is -0.491 e. The molecule has 0 radical (unpaired) electrons. The summed E-state index contributed by atoms with van der Waals surface area (Å²) in [6.07, 6.45) is 0.668. The van der Waals surface area contributed by atoms with Crippen LogP contribution >= 0.6 is 23.2 Å². The molecule has 70 valence electrons. The molecule has 0 bridgehead atoms. The van der Waals surface area contributed by atoms with E-state index < -0.39 is 0 Å². The fourth-order valence-corrected chi connectivity index (χ4v) is 1.44. The second-order valence-corrected chi connectivity index (χ2v) is 3.12. The number of hydrogen-bond acceptors (Lipinski definition) is 2. The summed E-state index contributed by atoms with van der Waals surface area (Å²) in [6.45, 7) is 2.28. The maximum absolute atomic E-state index is 10.5. The second kappa shape index (κ2) is 4.49. The molecular weight excluding hydrogens is 211 g/mol. The van der Waals surface area contributed by atoms with Crippen LogP contribution in [0.15, 0.2) is 12.1 Å². The van der Waals surface area contributed by atoms with E-state index in [9.17, 15) is 4.79 Å². The Hall–Kier alpha value is -0.730. The van der Waals surface area contributed by atoms with Crippen LogP contribution in [0.1, 0.15) is 17.3 Å². The Morgan fingerprint density at radius 1 is 1.46 bits per heavy atom. The lowest BCUT2D eigenvalue weighted by Gasteiger charge is -2.08. The van der Waals surface area contributed by atoms with Crippen molar-refractivity contribution in [3.05, 3.63) is 27.7 Å². The molecule has 1 aromatic rings. The normalized spacial score (nSPS) is 9.77. The van der Waals surface area contributed by atoms with Crippen molar-refractivity contribution in [3.63, 3.8) is 0 Å². The Labute approximate surface area is 86.4 Å². The molecule has 0 aliphatic rings.